The monoisotopic (exact) mass is 410 g/mol. The summed E-state index contributed by atoms with van der Waals surface area (Å²) in [5.74, 6) is -1.40. The summed E-state index contributed by atoms with van der Waals surface area (Å²) in [5.41, 5.74) is -2.44. The molecule has 0 radical (unpaired) electrons. The van der Waals surface area contributed by atoms with Crippen LogP contribution in [-0.4, -0.2) is 77.1 Å². The van der Waals surface area contributed by atoms with Gasteiger partial charge in [0.05, 0.1) is 18.1 Å². The minimum Gasteiger partial charge on any atom is -0.508 e. The maximum Gasteiger partial charge on any atom is 0.338 e. The number of phenolic OH excluding ortho intramolecular Hbond substituents is 1. The highest BCUT2D eigenvalue weighted by Crippen LogP contribution is 2.63. The molecule has 0 aromatic heterocycles. The average molecular weight is 410 g/mol. The van der Waals surface area contributed by atoms with E-state index in [1.165, 1.54) is 24.3 Å². The molecular weight excluding hydrogens is 384 g/mol. The Kier molecular flexibility index (Phi) is 5.30. The van der Waals surface area contributed by atoms with Crippen molar-refractivity contribution in [3.8, 4) is 5.75 Å². The Morgan fingerprint density at radius 3 is 2.52 bits per heavy atom. The van der Waals surface area contributed by atoms with Crippen molar-refractivity contribution < 1.29 is 43.8 Å². The molecular formula is C20H26O9. The summed E-state index contributed by atoms with van der Waals surface area (Å²) >= 11 is 0. The van der Waals surface area contributed by atoms with Crippen molar-refractivity contribution in [3.63, 3.8) is 0 Å². The molecule has 160 valence electrons. The third kappa shape index (κ3) is 3.22. The van der Waals surface area contributed by atoms with Gasteiger partial charge in [-0.15, -0.1) is 0 Å². The molecule has 9 nitrogen and oxygen atoms in total. The van der Waals surface area contributed by atoms with E-state index >= 15 is 0 Å². The van der Waals surface area contributed by atoms with Crippen LogP contribution in [0, 0.1) is 5.92 Å². The Bertz CT molecular complexity index is 753. The lowest BCUT2D eigenvalue weighted by molar-refractivity contribution is -0.343. The number of aliphatic hydroxyl groups is 2. The lowest BCUT2D eigenvalue weighted by Gasteiger charge is -2.47. The van der Waals surface area contributed by atoms with E-state index in [-0.39, 0.29) is 24.3 Å². The summed E-state index contributed by atoms with van der Waals surface area (Å²) in [4.78, 5) is 12.7. The number of hydrogen-bond acceptors (Lipinski definition) is 9. The first-order chi connectivity index (χ1) is 13.9. The fraction of sp³-hybridized carbons (Fsp3) is 0.650. The highest BCUT2D eigenvalue weighted by atomic mass is 16.8. The Morgan fingerprint density at radius 1 is 1.21 bits per heavy atom. The van der Waals surface area contributed by atoms with Crippen molar-refractivity contribution in [1.82, 2.24) is 0 Å². The van der Waals surface area contributed by atoms with Gasteiger partial charge in [-0.3, -0.25) is 0 Å². The first-order valence-corrected chi connectivity index (χ1v) is 9.79. The highest BCUT2D eigenvalue weighted by molar-refractivity contribution is 5.89. The number of rotatable bonds is 7. The van der Waals surface area contributed by atoms with Crippen molar-refractivity contribution in [3.05, 3.63) is 29.8 Å². The second kappa shape index (κ2) is 7.50. The molecule has 9 heteroatoms. The summed E-state index contributed by atoms with van der Waals surface area (Å²) in [6.45, 7) is 3.92. The van der Waals surface area contributed by atoms with Gasteiger partial charge >= 0.3 is 5.97 Å². The number of carbonyl (C=O) groups is 1. The number of esters is 1. The average Bonchev–Trinajstić information content (AvgIpc) is 3.36. The smallest absolute Gasteiger partial charge is 0.338 e. The molecule has 1 aromatic rings. The third-order valence-electron chi connectivity index (χ3n) is 5.92. The molecule has 0 bridgehead atoms. The SMILES string of the molecule is CCOC1CC2(O)C(OC(=O)c3ccc(O)cc3)C3OC3(CO)C2C(OCC)O1. The lowest BCUT2D eigenvalue weighted by atomic mass is 9.78. The molecule has 3 N–H and O–H groups in total. The first-order valence-electron chi connectivity index (χ1n) is 9.79. The van der Waals surface area contributed by atoms with Gasteiger partial charge in [0.25, 0.3) is 0 Å². The third-order valence-corrected chi connectivity index (χ3v) is 5.92. The van der Waals surface area contributed by atoms with Crippen LogP contribution in [0.2, 0.25) is 0 Å². The zero-order valence-corrected chi connectivity index (χ0v) is 16.3. The number of aromatic hydroxyl groups is 1. The van der Waals surface area contributed by atoms with Crippen LogP contribution in [0.15, 0.2) is 24.3 Å². The van der Waals surface area contributed by atoms with Gasteiger partial charge in [0.2, 0.25) is 0 Å². The van der Waals surface area contributed by atoms with E-state index in [0.29, 0.717) is 13.2 Å². The molecule has 29 heavy (non-hydrogen) atoms. The molecule has 2 heterocycles. The number of fused-ring (bicyclic) bond motifs is 3. The van der Waals surface area contributed by atoms with Crippen LogP contribution in [0.3, 0.4) is 0 Å². The van der Waals surface area contributed by atoms with Gasteiger partial charge < -0.3 is 39.0 Å². The minimum atomic E-state index is -1.56. The van der Waals surface area contributed by atoms with E-state index in [4.69, 9.17) is 23.7 Å². The van der Waals surface area contributed by atoms with Crippen molar-refractivity contribution in [1.29, 1.82) is 0 Å². The number of carbonyl (C=O) groups excluding carboxylic acids is 1. The van der Waals surface area contributed by atoms with Gasteiger partial charge in [0, 0.05) is 19.6 Å². The van der Waals surface area contributed by atoms with E-state index in [2.05, 4.69) is 0 Å². The van der Waals surface area contributed by atoms with Gasteiger partial charge in [-0.05, 0) is 38.1 Å². The number of aliphatic hydroxyl groups excluding tert-OH is 1. The largest absolute Gasteiger partial charge is 0.508 e. The Labute approximate surface area is 168 Å². The van der Waals surface area contributed by atoms with Gasteiger partial charge in [0.1, 0.15) is 23.1 Å². The van der Waals surface area contributed by atoms with Crippen molar-refractivity contribution in [2.75, 3.05) is 19.8 Å². The standard InChI is InChI=1S/C20H26O9/c1-3-25-13-9-19(24)14(18(27-13)26-4-2)20(10-21)16(29-20)15(19)28-17(23)11-5-7-12(22)8-6-11/h5-8,13-16,18,21-22,24H,3-4,9-10H2,1-2H3. The molecule has 0 amide bonds. The maximum absolute atomic E-state index is 12.7. The molecule has 2 saturated heterocycles. The topological polar surface area (TPSA) is 127 Å². The van der Waals surface area contributed by atoms with E-state index in [1.54, 1.807) is 6.92 Å². The summed E-state index contributed by atoms with van der Waals surface area (Å²) in [6.07, 6.45) is -3.30. The Balaban J connectivity index is 1.63. The fourth-order valence-corrected chi connectivity index (χ4v) is 4.64. The van der Waals surface area contributed by atoms with Gasteiger partial charge in [-0.2, -0.15) is 0 Å². The number of benzene rings is 1. The second-order valence-electron chi connectivity index (χ2n) is 7.54. The van der Waals surface area contributed by atoms with Crippen LogP contribution < -0.4 is 0 Å². The van der Waals surface area contributed by atoms with Crippen LogP contribution in [0.5, 0.6) is 5.75 Å². The maximum atomic E-state index is 12.7. The van der Waals surface area contributed by atoms with Gasteiger partial charge in [0.15, 0.2) is 18.7 Å². The number of epoxide rings is 1. The van der Waals surface area contributed by atoms with E-state index in [1.807, 2.05) is 6.92 Å². The lowest BCUT2D eigenvalue weighted by Crippen LogP contribution is -2.62. The van der Waals surface area contributed by atoms with Crippen molar-refractivity contribution in [2.24, 2.45) is 5.92 Å². The van der Waals surface area contributed by atoms with Crippen LogP contribution in [0.4, 0.5) is 0 Å². The molecule has 3 aliphatic rings. The van der Waals surface area contributed by atoms with Gasteiger partial charge in [-0.25, -0.2) is 4.79 Å². The zero-order chi connectivity index (χ0) is 20.8. The van der Waals surface area contributed by atoms with Crippen molar-refractivity contribution >= 4 is 5.97 Å². The quantitative estimate of drug-likeness (QED) is 0.436. The Hall–Kier alpha value is -1.75. The summed E-state index contributed by atoms with van der Waals surface area (Å²) in [5, 5.41) is 31.1. The molecule has 7 atom stereocenters. The predicted octanol–water partition coefficient (Wildman–Crippen LogP) is 0.554. The minimum absolute atomic E-state index is 0.0227. The number of hydrogen-bond donors (Lipinski definition) is 3. The predicted molar refractivity (Wildman–Crippen MR) is 97.0 cm³/mol. The Morgan fingerprint density at radius 2 is 1.90 bits per heavy atom. The van der Waals surface area contributed by atoms with Crippen LogP contribution in [-0.2, 0) is 23.7 Å². The molecule has 1 saturated carbocycles. The molecule has 4 rings (SSSR count). The number of ether oxygens (including phenoxy) is 5. The highest BCUT2D eigenvalue weighted by Gasteiger charge is 2.83. The van der Waals surface area contributed by atoms with Crippen LogP contribution in [0.25, 0.3) is 0 Å². The summed E-state index contributed by atoms with van der Waals surface area (Å²) < 4.78 is 28.5. The van der Waals surface area contributed by atoms with E-state index in [0.717, 1.165) is 0 Å². The number of phenols is 1. The second-order valence-corrected chi connectivity index (χ2v) is 7.54. The molecule has 2 aliphatic heterocycles. The van der Waals surface area contributed by atoms with Crippen LogP contribution in [0.1, 0.15) is 30.6 Å². The summed E-state index contributed by atoms with van der Waals surface area (Å²) in [6, 6.07) is 5.60. The molecule has 1 aliphatic carbocycles. The van der Waals surface area contributed by atoms with E-state index < -0.39 is 47.9 Å². The first kappa shape index (κ1) is 20.5. The molecule has 7 unspecified atom stereocenters. The van der Waals surface area contributed by atoms with Crippen LogP contribution >= 0.6 is 0 Å². The van der Waals surface area contributed by atoms with Crippen molar-refractivity contribution in [2.45, 2.75) is 56.3 Å². The summed E-state index contributed by atoms with van der Waals surface area (Å²) in [7, 11) is 0. The fourth-order valence-electron chi connectivity index (χ4n) is 4.64. The molecule has 1 aromatic carbocycles. The van der Waals surface area contributed by atoms with Gasteiger partial charge in [-0.1, -0.05) is 0 Å². The molecule has 3 fully saturated rings. The van der Waals surface area contributed by atoms with E-state index in [9.17, 15) is 20.1 Å². The molecule has 0 spiro atoms. The zero-order valence-electron chi connectivity index (χ0n) is 16.3. The normalized spacial score (nSPS) is 40.2.